The van der Waals surface area contributed by atoms with Crippen LogP contribution >= 0.6 is 0 Å². The van der Waals surface area contributed by atoms with Crippen molar-refractivity contribution in [3.05, 3.63) is 71.5 Å². The second kappa shape index (κ2) is 18.0. The van der Waals surface area contributed by atoms with E-state index in [2.05, 4.69) is 16.0 Å². The van der Waals surface area contributed by atoms with E-state index in [4.69, 9.17) is 15.6 Å². The summed E-state index contributed by atoms with van der Waals surface area (Å²) in [5.74, 6) is -4.58. The number of carbonyl (C=O) groups is 3. The van der Waals surface area contributed by atoms with Crippen molar-refractivity contribution in [2.24, 2.45) is 11.7 Å². The second-order valence-electron chi connectivity index (χ2n) is 9.36. The normalized spacial score (nSPS) is 15.9. The van der Waals surface area contributed by atoms with Crippen molar-refractivity contribution < 1.29 is 37.4 Å². The fraction of sp³-hybridized carbons (Fsp3) is 0.464. The molecule has 0 saturated carbocycles. The van der Waals surface area contributed by atoms with Crippen LogP contribution in [0.5, 0.6) is 0 Å². The van der Waals surface area contributed by atoms with E-state index in [1.165, 1.54) is 19.2 Å². The van der Waals surface area contributed by atoms with Crippen LogP contribution in [0.1, 0.15) is 43.9 Å². The van der Waals surface area contributed by atoms with Gasteiger partial charge in [0.2, 0.25) is 18.2 Å². The average Bonchev–Trinajstić information content (AvgIpc) is 3.32. The maximum Gasteiger partial charge on any atom is 0.303 e. The van der Waals surface area contributed by atoms with Crippen molar-refractivity contribution in [2.45, 2.75) is 50.8 Å². The Morgan fingerprint density at radius 1 is 1.23 bits per heavy atom. The van der Waals surface area contributed by atoms with E-state index in [0.717, 1.165) is 18.6 Å². The quantitative estimate of drug-likeness (QED) is 0.264. The molecular weight excluding hydrogens is 529 g/mol. The lowest BCUT2D eigenvalue weighted by atomic mass is 9.97. The van der Waals surface area contributed by atoms with E-state index in [0.29, 0.717) is 31.0 Å². The Kier molecular flexibility index (Phi) is 15.5. The van der Waals surface area contributed by atoms with E-state index < -0.39 is 29.4 Å². The molecule has 6 N–H and O–H groups in total. The lowest BCUT2D eigenvalue weighted by Crippen LogP contribution is -2.43. The first kappa shape index (κ1) is 34.5. The molecule has 1 aliphatic rings. The Morgan fingerprint density at radius 2 is 1.88 bits per heavy atom. The van der Waals surface area contributed by atoms with Gasteiger partial charge in [-0.05, 0) is 36.6 Å². The van der Waals surface area contributed by atoms with E-state index in [9.17, 15) is 27.6 Å². The summed E-state index contributed by atoms with van der Waals surface area (Å²) >= 11 is 0. The van der Waals surface area contributed by atoms with Gasteiger partial charge in [0.25, 0.3) is 0 Å². The number of ether oxygens (including phenoxy) is 1. The summed E-state index contributed by atoms with van der Waals surface area (Å²) in [6.07, 6.45) is 0.112. The molecule has 0 aliphatic carbocycles. The van der Waals surface area contributed by atoms with Gasteiger partial charge in [-0.25, -0.2) is 4.39 Å². The first-order chi connectivity index (χ1) is 19.0. The highest BCUT2D eigenvalue weighted by molar-refractivity contribution is 5.81. The third kappa shape index (κ3) is 12.1. The van der Waals surface area contributed by atoms with Gasteiger partial charge in [-0.15, -0.1) is 0 Å². The van der Waals surface area contributed by atoms with Crippen LogP contribution in [0.25, 0.3) is 0 Å². The highest BCUT2D eigenvalue weighted by atomic mass is 19.3. The molecule has 2 aromatic rings. The van der Waals surface area contributed by atoms with Gasteiger partial charge in [0.05, 0.1) is 19.2 Å². The maximum atomic E-state index is 14.4. The molecule has 9 nitrogen and oxygen atoms in total. The van der Waals surface area contributed by atoms with Crippen molar-refractivity contribution >= 4 is 18.2 Å². The Bertz CT molecular complexity index is 1040. The second-order valence-corrected chi connectivity index (χ2v) is 9.36. The van der Waals surface area contributed by atoms with Gasteiger partial charge in [0, 0.05) is 25.1 Å². The third-order valence-corrected chi connectivity index (χ3v) is 5.54. The van der Waals surface area contributed by atoms with Crippen LogP contribution < -0.4 is 21.7 Å². The minimum atomic E-state index is -3.31. The Balaban J connectivity index is 0.000000355. The topological polar surface area (TPSA) is 143 Å². The highest BCUT2D eigenvalue weighted by Gasteiger charge is 2.43. The maximum absolute atomic E-state index is 14.4. The number of methoxy groups -OCH3 is 1. The summed E-state index contributed by atoms with van der Waals surface area (Å²) < 4.78 is 46.8. The van der Waals surface area contributed by atoms with Gasteiger partial charge < -0.3 is 31.5 Å². The number of carbonyl (C=O) groups excluding carboxylic acids is 3. The number of hydrogen-bond acceptors (Lipinski definition) is 6. The minimum Gasteiger partial charge on any atom is -0.394 e. The van der Waals surface area contributed by atoms with E-state index in [1.54, 1.807) is 30.3 Å². The minimum absolute atomic E-state index is 0.0382. The number of aliphatic hydroxyl groups excluding tert-OH is 1. The molecule has 0 spiro atoms. The summed E-state index contributed by atoms with van der Waals surface area (Å²) in [5, 5.41) is 16.6. The molecule has 12 heteroatoms. The van der Waals surface area contributed by atoms with Gasteiger partial charge in [-0.1, -0.05) is 56.3 Å². The molecule has 2 aromatic carbocycles. The molecule has 1 fully saturated rings. The molecule has 3 atom stereocenters. The number of halogens is 3. The number of hydrogen-bond donors (Lipinski definition) is 5. The Hall–Kier alpha value is -3.48. The lowest BCUT2D eigenvalue weighted by Gasteiger charge is -2.26. The smallest absolute Gasteiger partial charge is 0.303 e. The van der Waals surface area contributed by atoms with Gasteiger partial charge in [-0.3, -0.25) is 14.4 Å². The van der Waals surface area contributed by atoms with E-state index in [1.807, 2.05) is 13.8 Å². The number of nitrogens with two attached hydrogens (primary N) is 1. The molecule has 0 bridgehead atoms. The van der Waals surface area contributed by atoms with Crippen LogP contribution in [-0.2, 0) is 25.0 Å². The van der Waals surface area contributed by atoms with Crippen molar-refractivity contribution in [3.63, 3.8) is 0 Å². The van der Waals surface area contributed by atoms with Crippen molar-refractivity contribution in [2.75, 3.05) is 26.8 Å². The molecule has 1 heterocycles. The van der Waals surface area contributed by atoms with Crippen LogP contribution in [-0.4, -0.2) is 62.2 Å². The van der Waals surface area contributed by atoms with Crippen molar-refractivity contribution in [1.29, 1.82) is 0 Å². The molecule has 0 aromatic heterocycles. The summed E-state index contributed by atoms with van der Waals surface area (Å²) in [4.78, 5) is 32.6. The van der Waals surface area contributed by atoms with Crippen molar-refractivity contribution in [1.82, 2.24) is 16.0 Å². The first-order valence-electron chi connectivity index (χ1n) is 12.8. The third-order valence-electron chi connectivity index (χ3n) is 5.54. The van der Waals surface area contributed by atoms with Crippen LogP contribution in [0.15, 0.2) is 54.6 Å². The number of amides is 3. The van der Waals surface area contributed by atoms with Gasteiger partial charge >= 0.3 is 5.92 Å². The predicted octanol–water partition coefficient (Wildman–Crippen LogP) is 2.39. The zero-order valence-corrected chi connectivity index (χ0v) is 22.9. The zero-order valence-electron chi connectivity index (χ0n) is 22.9. The molecule has 1 saturated heterocycles. The Labute approximate surface area is 232 Å². The first-order valence-corrected chi connectivity index (χ1v) is 12.8. The molecule has 40 heavy (non-hydrogen) atoms. The molecule has 3 unspecified atom stereocenters. The molecule has 222 valence electrons. The number of nitrogens with one attached hydrogen (secondary N) is 3. The van der Waals surface area contributed by atoms with E-state index in [-0.39, 0.29) is 30.9 Å². The van der Waals surface area contributed by atoms with Gasteiger partial charge in [0.1, 0.15) is 11.9 Å². The van der Waals surface area contributed by atoms with Crippen LogP contribution in [0.2, 0.25) is 0 Å². The average molecular weight is 569 g/mol. The molecule has 3 rings (SSSR count). The van der Waals surface area contributed by atoms with Crippen LogP contribution in [0.4, 0.5) is 13.2 Å². The molecule has 0 radical (unpaired) electrons. The standard InChI is InChI=1S/C15H13F3O.C10H17N3O4.C3H9N/c1-19-14(11-6-3-2-4-7-11)15(17,18)12-8-5-9-13(16)10-12;14-5-8(13-9(16)4-11-6-15)3-7-1-2-12-10(7)17;1-3(2)4/h2-10,14H,1H3;6-8,14H,1-5H2,(H,11,15)(H,12,17)(H,13,16);3H,4H2,1-2H3. The fourth-order valence-electron chi connectivity index (χ4n) is 3.77. The molecule has 1 aliphatic heterocycles. The van der Waals surface area contributed by atoms with E-state index >= 15 is 0 Å². The Morgan fingerprint density at radius 3 is 2.38 bits per heavy atom. The lowest BCUT2D eigenvalue weighted by molar-refractivity contribution is -0.134. The summed E-state index contributed by atoms with van der Waals surface area (Å²) in [6.45, 7) is 4.18. The summed E-state index contributed by atoms with van der Waals surface area (Å²) in [5.41, 5.74) is 5.06. The largest absolute Gasteiger partial charge is 0.394 e. The predicted molar refractivity (Wildman–Crippen MR) is 145 cm³/mol. The van der Waals surface area contributed by atoms with Crippen LogP contribution in [0.3, 0.4) is 0 Å². The van der Waals surface area contributed by atoms with Gasteiger partial charge in [0.15, 0.2) is 0 Å². The number of rotatable bonds is 11. The number of aliphatic hydroxyl groups is 1. The summed E-state index contributed by atoms with van der Waals surface area (Å²) in [6, 6.07) is 12.4. The fourth-order valence-corrected chi connectivity index (χ4v) is 3.77. The molecule has 3 amide bonds. The SMILES string of the molecule is CC(C)N.COC(c1ccccc1)C(F)(F)c1cccc(F)c1.O=CNCC(=O)NC(CO)CC1CCNC1=O. The number of alkyl halides is 2. The molecular formula is C28H39F3N4O5. The van der Waals surface area contributed by atoms with Crippen molar-refractivity contribution in [3.8, 4) is 0 Å². The zero-order chi connectivity index (χ0) is 30.1. The number of benzene rings is 2. The van der Waals surface area contributed by atoms with Gasteiger partial charge in [-0.2, -0.15) is 8.78 Å². The monoisotopic (exact) mass is 568 g/mol. The summed E-state index contributed by atoms with van der Waals surface area (Å²) in [7, 11) is 1.21. The highest BCUT2D eigenvalue weighted by Crippen LogP contribution is 2.42. The van der Waals surface area contributed by atoms with Crippen LogP contribution in [0, 0.1) is 11.7 Å².